The van der Waals surface area contributed by atoms with Crippen molar-refractivity contribution in [1.82, 2.24) is 20.2 Å². The van der Waals surface area contributed by atoms with E-state index in [0.717, 1.165) is 22.3 Å². The number of imidazole rings is 1. The maximum atomic E-state index is 14.2. The summed E-state index contributed by atoms with van der Waals surface area (Å²) in [6.45, 7) is 12.0. The van der Waals surface area contributed by atoms with Crippen LogP contribution in [0.2, 0.25) is 0 Å². The Morgan fingerprint density at radius 1 is 0.750 bits per heavy atom. The Bertz CT molecular complexity index is 2000. The molecule has 0 aliphatic carbocycles. The number of carboxylic acid groups (broad SMARTS) is 1. The van der Waals surface area contributed by atoms with E-state index in [2.05, 4.69) is 47.0 Å². The van der Waals surface area contributed by atoms with Crippen LogP contribution in [0, 0.1) is 12.8 Å². The number of carbonyl (C=O) groups excluding carboxylic acids is 3. The van der Waals surface area contributed by atoms with Gasteiger partial charge in [-0.2, -0.15) is 0 Å². The van der Waals surface area contributed by atoms with Gasteiger partial charge < -0.3 is 25.0 Å². The molecule has 0 bridgehead atoms. The molecular formula is C45H51N5O6. The van der Waals surface area contributed by atoms with Gasteiger partial charge in [-0.15, -0.1) is 0 Å². The second-order valence-electron chi connectivity index (χ2n) is 15.3. The number of aryl methyl sites for hydroxylation is 1. The Morgan fingerprint density at radius 3 is 1.70 bits per heavy atom. The van der Waals surface area contributed by atoms with Gasteiger partial charge in [0, 0.05) is 18.3 Å². The molecule has 0 spiro atoms. The number of hydrogen-bond donors (Lipinski definition) is 3. The predicted octanol–water partition coefficient (Wildman–Crippen LogP) is 7.11. The van der Waals surface area contributed by atoms with Crippen LogP contribution in [0.1, 0.15) is 69.5 Å². The summed E-state index contributed by atoms with van der Waals surface area (Å²) in [5.41, 5.74) is 3.03. The quantitative estimate of drug-likeness (QED) is 0.103. The summed E-state index contributed by atoms with van der Waals surface area (Å²) in [6, 6.07) is 33.6. The Kier molecular flexibility index (Phi) is 12.8. The SMILES string of the molecule is Cc1ccc(N(C(=O)OC(C)(C)C)[C@@H](C)C(=O)N[C@@H](Cc2cn(C(c3ccccc3)(c3ccccc3)c3ccccc3)cn2)C(=O)N[C@H](C(=O)O)C(C)C)cc1. The Labute approximate surface area is 328 Å². The summed E-state index contributed by atoms with van der Waals surface area (Å²) in [6.07, 6.45) is 2.72. The molecule has 4 aromatic carbocycles. The normalized spacial score (nSPS) is 13.3. The number of ether oxygens (including phenoxy) is 1. The highest BCUT2D eigenvalue weighted by molar-refractivity contribution is 5.99. The van der Waals surface area contributed by atoms with Gasteiger partial charge >= 0.3 is 12.1 Å². The smallest absolute Gasteiger partial charge is 0.415 e. The molecule has 56 heavy (non-hydrogen) atoms. The molecule has 292 valence electrons. The second kappa shape index (κ2) is 17.5. The predicted molar refractivity (Wildman–Crippen MR) is 216 cm³/mol. The Hall–Kier alpha value is -6.23. The number of anilines is 1. The molecule has 5 aromatic rings. The third kappa shape index (κ3) is 9.34. The standard InChI is InChI=1S/C45H51N5O6/c1-30(2)39(42(53)54)48-41(52)38(47-40(51)32(4)50(43(55)56-44(5,6)7)37-25-23-31(3)24-26-37)27-36-28-49(29-46-36)45(33-17-11-8-12-18-33,34-19-13-9-14-20-34)35-21-15-10-16-22-35/h8-26,28-30,32,38-39H,27H2,1-7H3,(H,47,51)(H,48,52)(H,53,54)/t32-,38-,39-/m0/s1. The first kappa shape index (κ1) is 40.9. The maximum absolute atomic E-state index is 14.2. The fourth-order valence-corrected chi connectivity index (χ4v) is 6.74. The minimum atomic E-state index is -1.27. The van der Waals surface area contributed by atoms with Crippen LogP contribution in [0.15, 0.2) is 128 Å². The van der Waals surface area contributed by atoms with Gasteiger partial charge in [-0.1, -0.05) is 123 Å². The molecule has 11 nitrogen and oxygen atoms in total. The van der Waals surface area contributed by atoms with Crippen LogP contribution in [0.5, 0.6) is 0 Å². The van der Waals surface area contributed by atoms with Crippen LogP contribution in [0.3, 0.4) is 0 Å². The molecule has 3 amide bonds. The number of nitrogens with zero attached hydrogens (tertiary/aromatic N) is 3. The number of hydrogen-bond acceptors (Lipinski definition) is 6. The maximum Gasteiger partial charge on any atom is 0.415 e. The van der Waals surface area contributed by atoms with Gasteiger partial charge in [0.2, 0.25) is 11.8 Å². The first-order chi connectivity index (χ1) is 26.6. The molecule has 0 fully saturated rings. The minimum absolute atomic E-state index is 0.0901. The molecule has 5 rings (SSSR count). The van der Waals surface area contributed by atoms with Crippen LogP contribution >= 0.6 is 0 Å². The van der Waals surface area contributed by atoms with Crippen molar-refractivity contribution in [3.63, 3.8) is 0 Å². The van der Waals surface area contributed by atoms with Gasteiger partial charge in [-0.25, -0.2) is 14.6 Å². The molecule has 0 unspecified atom stereocenters. The number of aromatic nitrogens is 2. The molecule has 0 radical (unpaired) electrons. The number of benzene rings is 4. The number of carbonyl (C=O) groups is 4. The highest BCUT2D eigenvalue weighted by Crippen LogP contribution is 2.40. The van der Waals surface area contributed by atoms with Gasteiger partial charge in [0.15, 0.2) is 0 Å². The van der Waals surface area contributed by atoms with E-state index in [0.29, 0.717) is 11.4 Å². The highest BCUT2D eigenvalue weighted by Gasteiger charge is 2.39. The molecule has 1 aromatic heterocycles. The molecule has 1 heterocycles. The van der Waals surface area contributed by atoms with Crippen LogP contribution in [0.25, 0.3) is 0 Å². The Balaban J connectivity index is 1.56. The van der Waals surface area contributed by atoms with Gasteiger partial charge in [0.25, 0.3) is 0 Å². The van der Waals surface area contributed by atoms with Gasteiger partial charge in [0.05, 0.1) is 12.0 Å². The molecule has 0 saturated heterocycles. The zero-order chi connectivity index (χ0) is 40.6. The first-order valence-corrected chi connectivity index (χ1v) is 18.7. The van der Waals surface area contributed by atoms with Crippen molar-refractivity contribution in [2.75, 3.05) is 4.90 Å². The van der Waals surface area contributed by atoms with Crippen molar-refractivity contribution >= 4 is 29.6 Å². The van der Waals surface area contributed by atoms with Gasteiger partial charge in [0.1, 0.15) is 29.3 Å². The Morgan fingerprint density at radius 2 is 1.25 bits per heavy atom. The number of aliphatic carboxylic acids is 1. The minimum Gasteiger partial charge on any atom is -0.480 e. The summed E-state index contributed by atoms with van der Waals surface area (Å²) in [5.74, 6) is -3.01. The number of rotatable bonds is 14. The zero-order valence-electron chi connectivity index (χ0n) is 33.0. The van der Waals surface area contributed by atoms with Crippen molar-refractivity contribution in [3.05, 3.63) is 156 Å². The summed E-state index contributed by atoms with van der Waals surface area (Å²) in [4.78, 5) is 60.1. The largest absolute Gasteiger partial charge is 0.480 e. The van der Waals surface area contributed by atoms with Crippen molar-refractivity contribution in [2.45, 2.75) is 84.2 Å². The van der Waals surface area contributed by atoms with Crippen LogP contribution in [-0.4, -0.2) is 62.3 Å². The van der Waals surface area contributed by atoms with E-state index in [1.165, 1.54) is 4.90 Å². The lowest BCUT2D eigenvalue weighted by atomic mass is 9.77. The average molecular weight is 758 g/mol. The van der Waals surface area contributed by atoms with Gasteiger partial charge in [-0.05, 0) is 69.4 Å². The number of nitrogens with one attached hydrogen (secondary N) is 2. The van der Waals surface area contributed by atoms with E-state index in [-0.39, 0.29) is 6.42 Å². The fourth-order valence-electron chi connectivity index (χ4n) is 6.74. The van der Waals surface area contributed by atoms with Crippen LogP contribution < -0.4 is 15.5 Å². The van der Waals surface area contributed by atoms with E-state index >= 15 is 0 Å². The van der Waals surface area contributed by atoms with Crippen molar-refractivity contribution in [3.8, 4) is 0 Å². The van der Waals surface area contributed by atoms with Gasteiger partial charge in [-0.3, -0.25) is 14.5 Å². The molecular weight excluding hydrogens is 707 g/mol. The highest BCUT2D eigenvalue weighted by atomic mass is 16.6. The summed E-state index contributed by atoms with van der Waals surface area (Å²) < 4.78 is 7.70. The summed E-state index contributed by atoms with van der Waals surface area (Å²) >= 11 is 0. The third-order valence-electron chi connectivity index (χ3n) is 9.54. The lowest BCUT2D eigenvalue weighted by Gasteiger charge is -2.37. The molecule has 0 aliphatic rings. The average Bonchev–Trinajstić information content (AvgIpc) is 3.63. The van der Waals surface area contributed by atoms with Crippen molar-refractivity contribution < 1.29 is 29.0 Å². The van der Waals surface area contributed by atoms with Crippen LogP contribution in [0.4, 0.5) is 10.5 Å². The van der Waals surface area contributed by atoms with E-state index in [1.807, 2.05) is 84.4 Å². The fraction of sp³-hybridized carbons (Fsp3) is 0.311. The lowest BCUT2D eigenvalue weighted by molar-refractivity contribution is -0.143. The first-order valence-electron chi connectivity index (χ1n) is 18.7. The van der Waals surface area contributed by atoms with E-state index < -0.39 is 59.1 Å². The van der Waals surface area contributed by atoms with E-state index in [9.17, 15) is 24.3 Å². The van der Waals surface area contributed by atoms with Crippen molar-refractivity contribution in [1.29, 1.82) is 0 Å². The lowest BCUT2D eigenvalue weighted by Crippen LogP contribution is -2.57. The third-order valence-corrected chi connectivity index (χ3v) is 9.54. The van der Waals surface area contributed by atoms with Crippen LogP contribution in [-0.2, 0) is 31.1 Å². The summed E-state index contributed by atoms with van der Waals surface area (Å²) in [7, 11) is 0. The van der Waals surface area contributed by atoms with Crippen molar-refractivity contribution in [2.24, 2.45) is 5.92 Å². The molecule has 0 saturated carbocycles. The van der Waals surface area contributed by atoms with E-state index in [1.54, 1.807) is 60.0 Å². The van der Waals surface area contributed by atoms with E-state index in [4.69, 9.17) is 9.72 Å². The number of amides is 3. The second-order valence-corrected chi connectivity index (χ2v) is 15.3. The molecule has 3 atom stereocenters. The summed E-state index contributed by atoms with van der Waals surface area (Å²) in [5, 5.41) is 15.4. The number of carboxylic acids is 1. The molecule has 0 aliphatic heterocycles. The monoisotopic (exact) mass is 757 g/mol. The zero-order valence-corrected chi connectivity index (χ0v) is 33.0. The molecule has 11 heteroatoms. The molecule has 3 N–H and O–H groups in total. The topological polar surface area (TPSA) is 143 Å².